The fourth-order valence-corrected chi connectivity index (χ4v) is 4.14. The van der Waals surface area contributed by atoms with Gasteiger partial charge in [-0.2, -0.15) is 12.7 Å². The maximum atomic E-state index is 12.7. The molecule has 0 aliphatic carbocycles. The number of carbonyl (C=O) groups is 2. The monoisotopic (exact) mass is 410 g/mol. The Bertz CT molecular complexity index is 787. The maximum absolute atomic E-state index is 12.7. The minimum atomic E-state index is -3.87. The number of amides is 2. The van der Waals surface area contributed by atoms with Crippen LogP contribution in [-0.4, -0.2) is 69.2 Å². The van der Waals surface area contributed by atoms with E-state index in [2.05, 4.69) is 5.32 Å². The van der Waals surface area contributed by atoms with Crippen LogP contribution in [0.2, 0.25) is 0 Å². The lowest BCUT2D eigenvalue weighted by molar-refractivity contribution is -0.136. The number of hydrogen-bond donors (Lipinski definition) is 1. The Balaban J connectivity index is 2.11. The Morgan fingerprint density at radius 2 is 1.68 bits per heavy atom. The zero-order chi connectivity index (χ0) is 20.9. The van der Waals surface area contributed by atoms with E-state index in [9.17, 15) is 18.0 Å². The molecule has 0 radical (unpaired) electrons. The first-order valence-corrected chi connectivity index (χ1v) is 10.9. The first-order chi connectivity index (χ1) is 13.1. The van der Waals surface area contributed by atoms with Crippen molar-refractivity contribution in [2.24, 2.45) is 0 Å². The van der Waals surface area contributed by atoms with Crippen LogP contribution < -0.4 is 9.62 Å². The summed E-state index contributed by atoms with van der Waals surface area (Å²) in [5.41, 5.74) is 1.38. The SMILES string of the molecule is Cc1ccc(N(CC(=O)NC(C)C(=O)N2CCCCC2)S(=O)(=O)N(C)C)cc1. The van der Waals surface area contributed by atoms with Crippen LogP contribution in [0.5, 0.6) is 0 Å². The van der Waals surface area contributed by atoms with Crippen molar-refractivity contribution in [1.29, 1.82) is 0 Å². The van der Waals surface area contributed by atoms with Gasteiger partial charge in [0, 0.05) is 27.2 Å². The Hall–Kier alpha value is -2.13. The summed E-state index contributed by atoms with van der Waals surface area (Å²) in [4.78, 5) is 26.8. The number of carbonyl (C=O) groups excluding carboxylic acids is 2. The summed E-state index contributed by atoms with van der Waals surface area (Å²) < 4.78 is 27.5. The van der Waals surface area contributed by atoms with Gasteiger partial charge >= 0.3 is 10.2 Å². The summed E-state index contributed by atoms with van der Waals surface area (Å²) in [6, 6.07) is 6.19. The van der Waals surface area contributed by atoms with Gasteiger partial charge in [0.25, 0.3) is 0 Å². The van der Waals surface area contributed by atoms with Gasteiger partial charge in [-0.1, -0.05) is 17.7 Å². The fraction of sp³-hybridized carbons (Fsp3) is 0.579. The lowest BCUT2D eigenvalue weighted by Gasteiger charge is -2.30. The van der Waals surface area contributed by atoms with Crippen molar-refractivity contribution in [3.63, 3.8) is 0 Å². The minimum absolute atomic E-state index is 0.134. The highest BCUT2D eigenvalue weighted by molar-refractivity contribution is 7.90. The minimum Gasteiger partial charge on any atom is -0.343 e. The van der Waals surface area contributed by atoms with Crippen LogP contribution in [0.1, 0.15) is 31.7 Å². The number of rotatable bonds is 7. The third-order valence-corrected chi connectivity index (χ3v) is 6.58. The molecule has 8 nitrogen and oxygen atoms in total. The van der Waals surface area contributed by atoms with E-state index in [4.69, 9.17) is 0 Å². The van der Waals surface area contributed by atoms with E-state index in [-0.39, 0.29) is 5.91 Å². The van der Waals surface area contributed by atoms with Gasteiger partial charge < -0.3 is 10.2 Å². The Kier molecular flexibility index (Phi) is 7.42. The first kappa shape index (κ1) is 22.2. The lowest BCUT2D eigenvalue weighted by atomic mass is 10.1. The van der Waals surface area contributed by atoms with Crippen molar-refractivity contribution in [3.8, 4) is 0 Å². The lowest BCUT2D eigenvalue weighted by Crippen LogP contribution is -2.52. The normalized spacial score (nSPS) is 16.0. The third-order valence-electron chi connectivity index (χ3n) is 4.76. The van der Waals surface area contributed by atoms with Gasteiger partial charge in [-0.05, 0) is 45.2 Å². The molecule has 0 saturated carbocycles. The van der Waals surface area contributed by atoms with Crippen molar-refractivity contribution in [1.82, 2.24) is 14.5 Å². The third kappa shape index (κ3) is 5.45. The molecule has 0 spiro atoms. The number of benzene rings is 1. The summed E-state index contributed by atoms with van der Waals surface area (Å²) in [5, 5.41) is 2.64. The molecule has 2 rings (SSSR count). The number of piperidine rings is 1. The van der Waals surface area contributed by atoms with Crippen LogP contribution in [0.3, 0.4) is 0 Å². The molecule has 1 fully saturated rings. The standard InChI is InChI=1S/C19H30N4O4S/c1-15-8-10-17(11-9-15)23(28(26,27)21(3)4)14-18(24)20-16(2)19(25)22-12-6-5-7-13-22/h8-11,16H,5-7,12-14H2,1-4H3,(H,20,24). The van der Waals surface area contributed by atoms with Gasteiger partial charge in [-0.25, -0.2) is 4.31 Å². The molecule has 1 aromatic rings. The zero-order valence-corrected chi connectivity index (χ0v) is 17.8. The van der Waals surface area contributed by atoms with Crippen LogP contribution in [0.15, 0.2) is 24.3 Å². The smallest absolute Gasteiger partial charge is 0.304 e. The van der Waals surface area contributed by atoms with Gasteiger partial charge in [0.05, 0.1) is 5.69 Å². The highest BCUT2D eigenvalue weighted by Gasteiger charge is 2.29. The van der Waals surface area contributed by atoms with Crippen molar-refractivity contribution in [2.45, 2.75) is 39.2 Å². The first-order valence-electron chi connectivity index (χ1n) is 9.48. The summed E-state index contributed by atoms with van der Waals surface area (Å²) in [6.45, 7) is 4.52. The van der Waals surface area contributed by atoms with Crippen molar-refractivity contribution < 1.29 is 18.0 Å². The summed E-state index contributed by atoms with van der Waals surface area (Å²) in [5.74, 6) is -0.658. The van der Waals surface area contributed by atoms with Gasteiger partial charge in [0.2, 0.25) is 11.8 Å². The predicted octanol–water partition coefficient (Wildman–Crippen LogP) is 1.13. The average Bonchev–Trinajstić information content (AvgIpc) is 2.66. The molecule has 1 aliphatic rings. The van der Waals surface area contributed by atoms with Crippen molar-refractivity contribution in [3.05, 3.63) is 29.8 Å². The fourth-order valence-electron chi connectivity index (χ4n) is 3.08. The quantitative estimate of drug-likeness (QED) is 0.730. The molecule has 1 atom stereocenters. The second-order valence-corrected chi connectivity index (χ2v) is 9.37. The molecule has 1 heterocycles. The number of anilines is 1. The molecule has 1 N–H and O–H groups in total. The number of nitrogens with zero attached hydrogens (tertiary/aromatic N) is 3. The molecule has 156 valence electrons. The van der Waals surface area contributed by atoms with Crippen molar-refractivity contribution in [2.75, 3.05) is 38.0 Å². The zero-order valence-electron chi connectivity index (χ0n) is 17.0. The van der Waals surface area contributed by atoms with Crippen LogP contribution >= 0.6 is 0 Å². The average molecular weight is 411 g/mol. The summed E-state index contributed by atoms with van der Waals surface area (Å²) in [6.07, 6.45) is 3.04. The molecule has 2 amide bonds. The second kappa shape index (κ2) is 9.38. The van der Waals surface area contributed by atoms with Crippen LogP contribution in [-0.2, 0) is 19.8 Å². The molecule has 1 aliphatic heterocycles. The Morgan fingerprint density at radius 1 is 1.11 bits per heavy atom. The maximum Gasteiger partial charge on any atom is 0.304 e. The molecule has 9 heteroatoms. The number of likely N-dealkylation sites (tertiary alicyclic amines) is 1. The largest absolute Gasteiger partial charge is 0.343 e. The highest BCUT2D eigenvalue weighted by Crippen LogP contribution is 2.20. The molecule has 1 aromatic carbocycles. The molecule has 28 heavy (non-hydrogen) atoms. The van der Waals surface area contributed by atoms with Gasteiger partial charge in [-0.15, -0.1) is 0 Å². The predicted molar refractivity (Wildman–Crippen MR) is 109 cm³/mol. The number of nitrogens with one attached hydrogen (secondary N) is 1. The van der Waals surface area contributed by atoms with Crippen LogP contribution in [0.25, 0.3) is 0 Å². The summed E-state index contributed by atoms with van der Waals surface area (Å²) >= 11 is 0. The van der Waals surface area contributed by atoms with E-state index in [0.717, 1.165) is 33.4 Å². The Morgan fingerprint density at radius 3 is 2.21 bits per heavy atom. The molecule has 1 unspecified atom stereocenters. The summed E-state index contributed by atoms with van der Waals surface area (Å²) in [7, 11) is -1.04. The number of hydrogen-bond acceptors (Lipinski definition) is 4. The molecule has 0 aromatic heterocycles. The van der Waals surface area contributed by atoms with E-state index < -0.39 is 28.7 Å². The molecular weight excluding hydrogens is 380 g/mol. The van der Waals surface area contributed by atoms with E-state index >= 15 is 0 Å². The van der Waals surface area contributed by atoms with Gasteiger partial charge in [0.15, 0.2) is 0 Å². The van der Waals surface area contributed by atoms with Gasteiger partial charge in [0.1, 0.15) is 12.6 Å². The number of aryl methyl sites for hydroxylation is 1. The topological polar surface area (TPSA) is 90.0 Å². The van der Waals surface area contributed by atoms with Crippen LogP contribution in [0.4, 0.5) is 5.69 Å². The van der Waals surface area contributed by atoms with E-state index in [0.29, 0.717) is 18.8 Å². The van der Waals surface area contributed by atoms with Crippen molar-refractivity contribution >= 4 is 27.7 Å². The van der Waals surface area contributed by atoms with Crippen LogP contribution in [0, 0.1) is 6.92 Å². The molecular formula is C19H30N4O4S. The highest BCUT2D eigenvalue weighted by atomic mass is 32.2. The van der Waals surface area contributed by atoms with E-state index in [1.165, 1.54) is 14.1 Å². The van der Waals surface area contributed by atoms with Gasteiger partial charge in [-0.3, -0.25) is 9.59 Å². The molecule has 0 bridgehead atoms. The Labute approximate surface area is 167 Å². The second-order valence-electron chi connectivity index (χ2n) is 7.31. The molecule has 1 saturated heterocycles. The van der Waals surface area contributed by atoms with E-state index in [1.54, 1.807) is 36.1 Å². The van der Waals surface area contributed by atoms with E-state index in [1.807, 2.05) is 6.92 Å².